The highest BCUT2D eigenvalue weighted by Crippen LogP contribution is 2.38. The Balaban J connectivity index is 1.65. The van der Waals surface area contributed by atoms with E-state index in [0.717, 1.165) is 22.4 Å². The lowest BCUT2D eigenvalue weighted by Gasteiger charge is -2.09. The number of alkyl halides is 1. The van der Waals surface area contributed by atoms with Crippen molar-refractivity contribution in [3.63, 3.8) is 0 Å². The molecule has 1 fully saturated rings. The molecule has 25 heavy (non-hydrogen) atoms. The Hall–Kier alpha value is -2.82. The van der Waals surface area contributed by atoms with E-state index in [1.165, 1.54) is 16.5 Å². The van der Waals surface area contributed by atoms with Gasteiger partial charge in [-0.1, -0.05) is 6.07 Å². The number of aromatic amines is 1. The molecule has 1 aliphatic carbocycles. The fourth-order valence-corrected chi connectivity index (χ4v) is 3.74. The van der Waals surface area contributed by atoms with Gasteiger partial charge in [0.2, 0.25) is 0 Å². The molecule has 0 saturated heterocycles. The summed E-state index contributed by atoms with van der Waals surface area (Å²) in [7, 11) is 0. The van der Waals surface area contributed by atoms with E-state index in [2.05, 4.69) is 47.4 Å². The molecule has 4 aromatic rings. The van der Waals surface area contributed by atoms with E-state index < -0.39 is 6.17 Å². The number of nitrogen functional groups attached to an aromatic ring is 1. The van der Waals surface area contributed by atoms with Crippen LogP contribution < -0.4 is 5.73 Å². The Labute approximate surface area is 144 Å². The predicted molar refractivity (Wildman–Crippen MR) is 98.3 cm³/mol. The molecule has 4 nitrogen and oxygen atoms in total. The van der Waals surface area contributed by atoms with Gasteiger partial charge in [-0.2, -0.15) is 0 Å². The summed E-state index contributed by atoms with van der Waals surface area (Å²) >= 11 is 0. The molecule has 0 spiro atoms. The van der Waals surface area contributed by atoms with Crippen LogP contribution in [0.5, 0.6) is 0 Å². The largest absolute Gasteiger partial charge is 0.382 e. The number of nitrogens with two attached hydrogens (primary N) is 1. The number of anilines is 1. The van der Waals surface area contributed by atoms with Gasteiger partial charge in [0.25, 0.3) is 0 Å². The number of aryl methyl sites for hydroxylation is 1. The van der Waals surface area contributed by atoms with Crippen LogP contribution in [0.4, 0.5) is 10.2 Å². The van der Waals surface area contributed by atoms with Crippen LogP contribution in [0.3, 0.4) is 0 Å². The summed E-state index contributed by atoms with van der Waals surface area (Å²) in [6, 6.07) is 10.4. The average Bonchev–Trinajstić information content (AvgIpc) is 2.98. The molecule has 5 heteroatoms. The molecule has 0 amide bonds. The first-order valence-electron chi connectivity index (χ1n) is 8.59. The SMILES string of the molecule is Cc1c(-c2ccc3nc(N)c(CC4C[C@@H]4F)n3c2)ccc2[nH]ccc12. The Morgan fingerprint density at radius 3 is 2.92 bits per heavy atom. The van der Waals surface area contributed by atoms with Crippen LogP contribution in [0.15, 0.2) is 42.7 Å². The molecule has 1 unspecified atom stereocenters. The number of pyridine rings is 1. The molecular formula is C20H19FN4. The molecule has 0 bridgehead atoms. The number of halogens is 1. The van der Waals surface area contributed by atoms with Crippen molar-refractivity contribution >= 4 is 22.4 Å². The molecule has 3 aromatic heterocycles. The zero-order valence-electron chi connectivity index (χ0n) is 14.0. The third-order valence-corrected chi connectivity index (χ3v) is 5.35. The zero-order chi connectivity index (χ0) is 17.1. The number of imidazole rings is 1. The molecule has 3 N–H and O–H groups in total. The van der Waals surface area contributed by atoms with Crippen molar-refractivity contribution in [1.82, 2.24) is 14.4 Å². The van der Waals surface area contributed by atoms with Crippen molar-refractivity contribution in [3.8, 4) is 11.1 Å². The van der Waals surface area contributed by atoms with Gasteiger partial charge >= 0.3 is 0 Å². The topological polar surface area (TPSA) is 59.1 Å². The normalized spacial score (nSPS) is 19.8. The van der Waals surface area contributed by atoms with Gasteiger partial charge in [0, 0.05) is 23.3 Å². The van der Waals surface area contributed by atoms with E-state index in [9.17, 15) is 4.39 Å². The average molecular weight is 334 g/mol. The molecule has 2 atom stereocenters. The fraction of sp³-hybridized carbons (Fsp3) is 0.250. The van der Waals surface area contributed by atoms with Crippen LogP contribution in [0.25, 0.3) is 27.7 Å². The number of nitrogens with zero attached hydrogens (tertiary/aromatic N) is 2. The van der Waals surface area contributed by atoms with Gasteiger partial charge in [-0.15, -0.1) is 0 Å². The van der Waals surface area contributed by atoms with Crippen molar-refractivity contribution in [2.24, 2.45) is 5.92 Å². The molecule has 126 valence electrons. The molecular weight excluding hydrogens is 315 g/mol. The van der Waals surface area contributed by atoms with E-state index in [1.807, 2.05) is 16.7 Å². The van der Waals surface area contributed by atoms with Crippen LogP contribution in [0.2, 0.25) is 0 Å². The summed E-state index contributed by atoms with van der Waals surface area (Å²) < 4.78 is 15.4. The van der Waals surface area contributed by atoms with Crippen LogP contribution >= 0.6 is 0 Å². The van der Waals surface area contributed by atoms with E-state index in [0.29, 0.717) is 18.7 Å². The minimum absolute atomic E-state index is 0.0869. The molecule has 3 heterocycles. The Kier molecular flexibility index (Phi) is 2.95. The number of fused-ring (bicyclic) bond motifs is 2. The lowest BCUT2D eigenvalue weighted by atomic mass is 9.99. The second kappa shape index (κ2) is 5.09. The van der Waals surface area contributed by atoms with Gasteiger partial charge in [-0.25, -0.2) is 9.37 Å². The monoisotopic (exact) mass is 334 g/mol. The van der Waals surface area contributed by atoms with Crippen molar-refractivity contribution in [2.45, 2.75) is 25.9 Å². The minimum atomic E-state index is -0.689. The summed E-state index contributed by atoms with van der Waals surface area (Å²) in [6.07, 6.45) is 4.63. The smallest absolute Gasteiger partial charge is 0.145 e. The second-order valence-corrected chi connectivity index (χ2v) is 6.98. The molecule has 1 aliphatic rings. The molecule has 1 aromatic carbocycles. The first-order valence-corrected chi connectivity index (χ1v) is 8.59. The first-order chi connectivity index (χ1) is 12.1. The van der Waals surface area contributed by atoms with E-state index in [-0.39, 0.29) is 5.92 Å². The van der Waals surface area contributed by atoms with Gasteiger partial charge in [-0.05, 0) is 66.6 Å². The highest BCUT2D eigenvalue weighted by molar-refractivity contribution is 5.89. The number of nitrogens with one attached hydrogen (secondary N) is 1. The summed E-state index contributed by atoms with van der Waals surface area (Å²) in [5, 5.41) is 1.22. The number of benzene rings is 1. The maximum absolute atomic E-state index is 13.3. The van der Waals surface area contributed by atoms with E-state index in [1.54, 1.807) is 0 Å². The molecule has 1 saturated carbocycles. The predicted octanol–water partition coefficient (Wildman–Crippen LogP) is 4.27. The number of hydrogen-bond acceptors (Lipinski definition) is 2. The van der Waals surface area contributed by atoms with Gasteiger partial charge < -0.3 is 15.1 Å². The minimum Gasteiger partial charge on any atom is -0.382 e. The van der Waals surface area contributed by atoms with Crippen LogP contribution in [-0.2, 0) is 6.42 Å². The van der Waals surface area contributed by atoms with Crippen LogP contribution in [0.1, 0.15) is 17.7 Å². The third-order valence-electron chi connectivity index (χ3n) is 5.35. The third kappa shape index (κ3) is 2.22. The second-order valence-electron chi connectivity index (χ2n) is 6.98. The number of rotatable bonds is 3. The lowest BCUT2D eigenvalue weighted by molar-refractivity contribution is 0.444. The highest BCUT2D eigenvalue weighted by Gasteiger charge is 2.38. The summed E-state index contributed by atoms with van der Waals surface area (Å²) in [4.78, 5) is 7.68. The summed E-state index contributed by atoms with van der Waals surface area (Å²) in [5.74, 6) is 0.595. The summed E-state index contributed by atoms with van der Waals surface area (Å²) in [6.45, 7) is 2.14. The Bertz CT molecular complexity index is 1110. The van der Waals surface area contributed by atoms with Crippen LogP contribution in [-0.4, -0.2) is 20.5 Å². The number of aromatic nitrogens is 3. The van der Waals surface area contributed by atoms with Crippen LogP contribution in [0, 0.1) is 12.8 Å². The highest BCUT2D eigenvalue weighted by atomic mass is 19.1. The first kappa shape index (κ1) is 14.5. The molecule has 0 aliphatic heterocycles. The van der Waals surface area contributed by atoms with E-state index >= 15 is 0 Å². The molecule has 0 radical (unpaired) electrons. The number of H-pyrrole nitrogens is 1. The van der Waals surface area contributed by atoms with Crippen molar-refractivity contribution in [3.05, 3.63) is 54.0 Å². The molecule has 5 rings (SSSR count). The van der Waals surface area contributed by atoms with Gasteiger partial charge in [0.1, 0.15) is 17.6 Å². The fourth-order valence-electron chi connectivity index (χ4n) is 3.74. The standard InChI is InChI=1S/C20H19FN4/c1-11-14(3-4-17-15(11)6-7-23-17)12-2-5-19-24-20(22)18(25(19)10-12)9-13-8-16(13)21/h2-7,10,13,16,23H,8-9,22H2,1H3/t13?,16-/m0/s1. The zero-order valence-corrected chi connectivity index (χ0v) is 14.0. The maximum atomic E-state index is 13.3. The maximum Gasteiger partial charge on any atom is 0.145 e. The Morgan fingerprint density at radius 2 is 2.12 bits per heavy atom. The van der Waals surface area contributed by atoms with Gasteiger partial charge in [0.15, 0.2) is 0 Å². The summed E-state index contributed by atoms with van der Waals surface area (Å²) in [5.41, 5.74) is 12.5. The van der Waals surface area contributed by atoms with Gasteiger partial charge in [-0.3, -0.25) is 0 Å². The number of hydrogen-bond donors (Lipinski definition) is 2. The van der Waals surface area contributed by atoms with Crippen molar-refractivity contribution in [2.75, 3.05) is 5.73 Å². The van der Waals surface area contributed by atoms with Crippen molar-refractivity contribution in [1.29, 1.82) is 0 Å². The Morgan fingerprint density at radius 1 is 1.28 bits per heavy atom. The van der Waals surface area contributed by atoms with Gasteiger partial charge in [0.05, 0.1) is 5.69 Å². The van der Waals surface area contributed by atoms with E-state index in [4.69, 9.17) is 5.73 Å². The van der Waals surface area contributed by atoms with Crippen molar-refractivity contribution < 1.29 is 4.39 Å². The quantitative estimate of drug-likeness (QED) is 0.588. The lowest BCUT2D eigenvalue weighted by Crippen LogP contribution is -2.00.